The van der Waals surface area contributed by atoms with Gasteiger partial charge in [0.15, 0.2) is 5.65 Å². The van der Waals surface area contributed by atoms with Crippen LogP contribution >= 0.6 is 0 Å². The number of hydrogen-bond donors (Lipinski definition) is 0. The predicted molar refractivity (Wildman–Crippen MR) is 90.1 cm³/mol. The molecule has 5 nitrogen and oxygen atoms in total. The van der Waals surface area contributed by atoms with Crippen molar-refractivity contribution >= 4 is 11.0 Å². The molecule has 2 aromatic heterocycles. The lowest BCUT2D eigenvalue weighted by atomic mass is 10.1. The summed E-state index contributed by atoms with van der Waals surface area (Å²) in [6, 6.07) is 0. The molecule has 5 heteroatoms. The fourth-order valence-corrected chi connectivity index (χ4v) is 2.94. The van der Waals surface area contributed by atoms with Crippen LogP contribution in [0.1, 0.15) is 64.0 Å². The lowest BCUT2D eigenvalue weighted by Gasteiger charge is -2.05. The molecule has 0 radical (unpaired) electrons. The quantitative estimate of drug-likeness (QED) is 0.665. The van der Waals surface area contributed by atoms with E-state index in [-0.39, 0.29) is 5.56 Å². The molecule has 0 aliphatic carbocycles. The van der Waals surface area contributed by atoms with Gasteiger partial charge in [-0.3, -0.25) is 9.36 Å². The van der Waals surface area contributed by atoms with Gasteiger partial charge in [0, 0.05) is 13.6 Å². The van der Waals surface area contributed by atoms with E-state index in [0.29, 0.717) is 11.0 Å². The van der Waals surface area contributed by atoms with Crippen LogP contribution in [-0.4, -0.2) is 19.3 Å². The van der Waals surface area contributed by atoms with E-state index < -0.39 is 0 Å². The van der Waals surface area contributed by atoms with Gasteiger partial charge in [0.2, 0.25) is 0 Å². The van der Waals surface area contributed by atoms with Gasteiger partial charge < -0.3 is 0 Å². The largest absolute Gasteiger partial charge is 0.299 e. The first-order valence-corrected chi connectivity index (χ1v) is 8.54. The molecule has 0 atom stereocenters. The molecule has 0 unspecified atom stereocenters. The average molecular weight is 304 g/mol. The highest BCUT2D eigenvalue weighted by Gasteiger charge is 2.11. The Hall–Kier alpha value is -1.65. The van der Waals surface area contributed by atoms with Crippen LogP contribution in [0.4, 0.5) is 0 Å². The first kappa shape index (κ1) is 16.7. The molecule has 0 bridgehead atoms. The highest BCUT2D eigenvalue weighted by Crippen LogP contribution is 2.11. The smallest absolute Gasteiger partial charge is 0.264 e. The molecule has 0 amide bonds. The van der Waals surface area contributed by atoms with Crippen LogP contribution in [-0.2, 0) is 13.6 Å². The molecule has 0 saturated heterocycles. The molecule has 122 valence electrons. The normalized spacial score (nSPS) is 11.4. The van der Waals surface area contributed by atoms with Gasteiger partial charge >= 0.3 is 0 Å². The molecule has 2 aromatic rings. The first-order valence-electron chi connectivity index (χ1n) is 8.54. The zero-order valence-corrected chi connectivity index (χ0v) is 14.1. The number of aryl methyl sites for hydroxylation is 3. The van der Waals surface area contributed by atoms with E-state index in [1.54, 1.807) is 15.6 Å². The van der Waals surface area contributed by atoms with E-state index in [1.807, 2.05) is 14.0 Å². The van der Waals surface area contributed by atoms with Crippen LogP contribution in [0.5, 0.6) is 0 Å². The van der Waals surface area contributed by atoms with Crippen LogP contribution in [0.25, 0.3) is 11.0 Å². The van der Waals surface area contributed by atoms with Crippen molar-refractivity contribution in [1.29, 1.82) is 0 Å². The van der Waals surface area contributed by atoms with E-state index in [4.69, 9.17) is 0 Å². The minimum absolute atomic E-state index is 0.0403. The topological polar surface area (TPSA) is 52.7 Å². The van der Waals surface area contributed by atoms with Gasteiger partial charge in [-0.05, 0) is 13.3 Å². The summed E-state index contributed by atoms with van der Waals surface area (Å²) in [6.07, 6.45) is 11.8. The zero-order valence-electron chi connectivity index (χ0n) is 14.1. The van der Waals surface area contributed by atoms with Crippen LogP contribution in [0.2, 0.25) is 0 Å². The third-order valence-electron chi connectivity index (χ3n) is 4.24. The van der Waals surface area contributed by atoms with Crippen molar-refractivity contribution in [3.8, 4) is 0 Å². The summed E-state index contributed by atoms with van der Waals surface area (Å²) in [4.78, 5) is 16.8. The fourth-order valence-electron chi connectivity index (χ4n) is 2.94. The first-order chi connectivity index (χ1) is 10.6. The number of unbranched alkanes of at least 4 members (excludes halogenated alkanes) is 7. The Balaban J connectivity index is 1.84. The summed E-state index contributed by atoms with van der Waals surface area (Å²) in [6.45, 7) is 4.86. The van der Waals surface area contributed by atoms with Crippen molar-refractivity contribution in [2.75, 3.05) is 0 Å². The fraction of sp³-hybridized carbons (Fsp3) is 0.706. The monoisotopic (exact) mass is 304 g/mol. The Morgan fingerprint density at radius 1 is 1.05 bits per heavy atom. The van der Waals surface area contributed by atoms with Gasteiger partial charge in [-0.2, -0.15) is 5.10 Å². The number of rotatable bonds is 9. The van der Waals surface area contributed by atoms with Crippen molar-refractivity contribution in [1.82, 2.24) is 19.3 Å². The SMILES string of the molecule is CCCCCCCCCCn1cnc2c(c(C)nn2C)c1=O. The molecule has 0 N–H and O–H groups in total. The molecular weight excluding hydrogens is 276 g/mol. The van der Waals surface area contributed by atoms with Crippen molar-refractivity contribution in [2.45, 2.75) is 71.8 Å². The van der Waals surface area contributed by atoms with Crippen LogP contribution in [0.3, 0.4) is 0 Å². The standard InChI is InChI=1S/C17H28N4O/c1-4-5-6-7-8-9-10-11-12-21-13-18-16-15(17(21)22)14(2)19-20(16)3/h13H,4-12H2,1-3H3. The number of hydrogen-bond acceptors (Lipinski definition) is 3. The lowest BCUT2D eigenvalue weighted by Crippen LogP contribution is -2.21. The van der Waals surface area contributed by atoms with Crippen molar-refractivity contribution < 1.29 is 0 Å². The zero-order chi connectivity index (χ0) is 15.9. The minimum Gasteiger partial charge on any atom is -0.299 e. The molecule has 0 fully saturated rings. The molecule has 0 spiro atoms. The summed E-state index contributed by atoms with van der Waals surface area (Å²) < 4.78 is 3.40. The van der Waals surface area contributed by atoms with E-state index in [0.717, 1.165) is 18.7 Å². The Morgan fingerprint density at radius 3 is 2.36 bits per heavy atom. The van der Waals surface area contributed by atoms with Gasteiger partial charge in [0.05, 0.1) is 12.0 Å². The molecule has 0 saturated carbocycles. The Kier molecular flexibility index (Phi) is 6.16. The molecule has 0 aliphatic heterocycles. The summed E-state index contributed by atoms with van der Waals surface area (Å²) >= 11 is 0. The maximum atomic E-state index is 12.5. The molecule has 2 rings (SSSR count). The summed E-state index contributed by atoms with van der Waals surface area (Å²) in [7, 11) is 1.82. The number of nitrogens with zero attached hydrogens (tertiary/aromatic N) is 4. The summed E-state index contributed by atoms with van der Waals surface area (Å²) in [5.41, 5.74) is 1.48. The molecule has 0 aromatic carbocycles. The van der Waals surface area contributed by atoms with E-state index in [1.165, 1.54) is 44.9 Å². The van der Waals surface area contributed by atoms with Crippen LogP contribution in [0, 0.1) is 6.92 Å². The van der Waals surface area contributed by atoms with Gasteiger partial charge in [-0.15, -0.1) is 0 Å². The predicted octanol–water partition coefficient (Wildman–Crippen LogP) is 3.58. The second-order valence-corrected chi connectivity index (χ2v) is 6.13. The minimum atomic E-state index is 0.0403. The maximum absolute atomic E-state index is 12.5. The van der Waals surface area contributed by atoms with Gasteiger partial charge in [-0.1, -0.05) is 51.9 Å². The number of aromatic nitrogens is 4. The van der Waals surface area contributed by atoms with E-state index >= 15 is 0 Å². The van der Waals surface area contributed by atoms with Crippen LogP contribution in [0.15, 0.2) is 11.1 Å². The average Bonchev–Trinajstić information content (AvgIpc) is 2.79. The van der Waals surface area contributed by atoms with E-state index in [2.05, 4.69) is 17.0 Å². The Bertz CT molecular complexity index is 656. The Labute approximate surface area is 132 Å². The van der Waals surface area contributed by atoms with Crippen molar-refractivity contribution in [3.05, 3.63) is 22.4 Å². The summed E-state index contributed by atoms with van der Waals surface area (Å²) in [5, 5.41) is 4.94. The molecule has 0 aliphatic rings. The molecule has 2 heterocycles. The highest BCUT2D eigenvalue weighted by molar-refractivity contribution is 5.76. The third kappa shape index (κ3) is 3.96. The second kappa shape index (κ2) is 8.11. The number of fused-ring (bicyclic) bond motifs is 1. The Morgan fingerprint density at radius 2 is 1.68 bits per heavy atom. The van der Waals surface area contributed by atoms with Crippen molar-refractivity contribution in [2.24, 2.45) is 7.05 Å². The molecule has 22 heavy (non-hydrogen) atoms. The van der Waals surface area contributed by atoms with Gasteiger partial charge in [-0.25, -0.2) is 9.67 Å². The van der Waals surface area contributed by atoms with Gasteiger partial charge in [0.1, 0.15) is 5.39 Å². The van der Waals surface area contributed by atoms with Crippen molar-refractivity contribution in [3.63, 3.8) is 0 Å². The third-order valence-corrected chi connectivity index (χ3v) is 4.24. The summed E-state index contributed by atoms with van der Waals surface area (Å²) in [5.74, 6) is 0. The van der Waals surface area contributed by atoms with E-state index in [9.17, 15) is 4.79 Å². The maximum Gasteiger partial charge on any atom is 0.264 e. The second-order valence-electron chi connectivity index (χ2n) is 6.13. The lowest BCUT2D eigenvalue weighted by molar-refractivity contribution is 0.536. The highest BCUT2D eigenvalue weighted by atomic mass is 16.1. The molecular formula is C17H28N4O. The van der Waals surface area contributed by atoms with Gasteiger partial charge in [0.25, 0.3) is 5.56 Å². The van der Waals surface area contributed by atoms with Crippen LogP contribution < -0.4 is 5.56 Å².